The molecule has 0 fully saturated rings. The lowest BCUT2D eigenvalue weighted by Crippen LogP contribution is -3.11. The fourth-order valence-corrected chi connectivity index (χ4v) is 2.41. The van der Waals surface area contributed by atoms with Crippen LogP contribution in [0.25, 0.3) is 0 Å². The van der Waals surface area contributed by atoms with Crippen molar-refractivity contribution in [1.29, 1.82) is 0 Å². The molecule has 22 heavy (non-hydrogen) atoms. The molecule has 1 N–H and O–H groups in total. The first-order valence-corrected chi connectivity index (χ1v) is 7.49. The van der Waals surface area contributed by atoms with Crippen molar-refractivity contribution in [2.45, 2.75) is 6.54 Å². The lowest BCUT2D eigenvalue weighted by atomic mass is 10.1. The van der Waals surface area contributed by atoms with Gasteiger partial charge in [-0.3, -0.25) is 4.79 Å². The highest BCUT2D eigenvalue weighted by Crippen LogP contribution is 2.03. The van der Waals surface area contributed by atoms with Crippen molar-refractivity contribution in [2.24, 2.45) is 0 Å². The van der Waals surface area contributed by atoms with Gasteiger partial charge in [-0.05, 0) is 11.8 Å². The second-order valence-electron chi connectivity index (χ2n) is 5.50. The fourth-order valence-electron chi connectivity index (χ4n) is 2.41. The molecule has 114 valence electrons. The molecule has 2 aromatic rings. The van der Waals surface area contributed by atoms with Gasteiger partial charge in [0.25, 0.3) is 0 Å². The SMILES string of the molecule is C=CN(Cc1ccccc1)C[NH+](C)CC(=O)c1ccccc1. The van der Waals surface area contributed by atoms with Crippen LogP contribution in [0.5, 0.6) is 0 Å². The van der Waals surface area contributed by atoms with Crippen LogP contribution in [-0.2, 0) is 6.54 Å². The van der Waals surface area contributed by atoms with E-state index in [2.05, 4.69) is 23.6 Å². The first kappa shape index (κ1) is 16.0. The van der Waals surface area contributed by atoms with E-state index in [0.717, 1.165) is 23.7 Å². The lowest BCUT2D eigenvalue weighted by molar-refractivity contribution is -0.880. The van der Waals surface area contributed by atoms with Crippen LogP contribution in [-0.4, -0.2) is 30.9 Å². The molecule has 3 nitrogen and oxygen atoms in total. The quantitative estimate of drug-likeness (QED) is 0.595. The van der Waals surface area contributed by atoms with Crippen LogP contribution in [0.15, 0.2) is 73.4 Å². The molecule has 2 rings (SSSR count). The molecule has 1 atom stereocenters. The highest BCUT2D eigenvalue weighted by Gasteiger charge is 2.14. The maximum absolute atomic E-state index is 12.2. The van der Waals surface area contributed by atoms with Crippen molar-refractivity contribution >= 4 is 5.78 Å². The smallest absolute Gasteiger partial charge is 0.216 e. The Bertz CT molecular complexity index is 595. The van der Waals surface area contributed by atoms with E-state index in [0.29, 0.717) is 6.54 Å². The van der Waals surface area contributed by atoms with E-state index in [4.69, 9.17) is 0 Å². The van der Waals surface area contributed by atoms with E-state index in [1.807, 2.05) is 61.8 Å². The van der Waals surface area contributed by atoms with Crippen LogP contribution < -0.4 is 4.90 Å². The van der Waals surface area contributed by atoms with E-state index >= 15 is 0 Å². The van der Waals surface area contributed by atoms with Crippen molar-refractivity contribution in [3.8, 4) is 0 Å². The van der Waals surface area contributed by atoms with Crippen molar-refractivity contribution in [1.82, 2.24) is 4.90 Å². The van der Waals surface area contributed by atoms with Gasteiger partial charge >= 0.3 is 0 Å². The minimum atomic E-state index is 0.168. The maximum atomic E-state index is 12.2. The zero-order chi connectivity index (χ0) is 15.8. The average molecular weight is 295 g/mol. The highest BCUT2D eigenvalue weighted by atomic mass is 16.1. The van der Waals surface area contributed by atoms with E-state index in [1.54, 1.807) is 0 Å². The molecule has 0 saturated carbocycles. The Kier molecular flexibility index (Phi) is 5.92. The van der Waals surface area contributed by atoms with E-state index < -0.39 is 0 Å². The van der Waals surface area contributed by atoms with Gasteiger partial charge in [-0.25, -0.2) is 0 Å². The van der Waals surface area contributed by atoms with Crippen LogP contribution in [0.4, 0.5) is 0 Å². The number of likely N-dealkylation sites (N-methyl/N-ethyl adjacent to an activating group) is 1. The molecule has 0 aliphatic carbocycles. The molecule has 0 aliphatic rings. The van der Waals surface area contributed by atoms with Gasteiger partial charge in [0, 0.05) is 12.1 Å². The van der Waals surface area contributed by atoms with E-state index in [1.165, 1.54) is 5.56 Å². The largest absolute Gasteiger partial charge is 0.328 e. The molecule has 0 aromatic heterocycles. The number of nitrogens with zero attached hydrogens (tertiary/aromatic N) is 1. The van der Waals surface area contributed by atoms with Gasteiger partial charge < -0.3 is 9.80 Å². The summed E-state index contributed by atoms with van der Waals surface area (Å²) in [5.74, 6) is 0.168. The number of Topliss-reactive ketones (excluding diaryl/α,β-unsaturated/α-hetero) is 1. The zero-order valence-electron chi connectivity index (χ0n) is 13.0. The average Bonchev–Trinajstić information content (AvgIpc) is 2.56. The van der Waals surface area contributed by atoms with Crippen molar-refractivity contribution in [2.75, 3.05) is 20.3 Å². The standard InChI is InChI=1S/C19H22N2O/c1-3-21(14-17-10-6-4-7-11-17)16-20(2)15-19(22)18-12-8-5-9-13-18/h3-13H,1,14-16H2,2H3/p+1. The first-order chi connectivity index (χ1) is 10.7. The van der Waals surface area contributed by atoms with E-state index in [9.17, 15) is 4.79 Å². The molecule has 0 aliphatic heterocycles. The van der Waals surface area contributed by atoms with Gasteiger partial charge in [-0.1, -0.05) is 67.2 Å². The summed E-state index contributed by atoms with van der Waals surface area (Å²) in [6, 6.07) is 19.7. The molecule has 0 spiro atoms. The summed E-state index contributed by atoms with van der Waals surface area (Å²) in [6.45, 7) is 5.90. The predicted molar refractivity (Wildman–Crippen MR) is 89.6 cm³/mol. The number of benzene rings is 2. The summed E-state index contributed by atoms with van der Waals surface area (Å²) >= 11 is 0. The highest BCUT2D eigenvalue weighted by molar-refractivity contribution is 5.96. The van der Waals surface area contributed by atoms with Crippen LogP contribution in [0, 0.1) is 0 Å². The third kappa shape index (κ3) is 4.86. The molecule has 3 heteroatoms. The summed E-state index contributed by atoms with van der Waals surface area (Å²) in [7, 11) is 2.03. The van der Waals surface area contributed by atoms with Gasteiger partial charge in [0.2, 0.25) is 5.78 Å². The fraction of sp³-hybridized carbons (Fsp3) is 0.211. The third-order valence-electron chi connectivity index (χ3n) is 3.52. The molecule has 0 radical (unpaired) electrons. The monoisotopic (exact) mass is 295 g/mol. The van der Waals surface area contributed by atoms with Gasteiger partial charge in [-0.2, -0.15) is 0 Å². The van der Waals surface area contributed by atoms with Crippen LogP contribution in [0.3, 0.4) is 0 Å². The van der Waals surface area contributed by atoms with Gasteiger partial charge in [0.05, 0.1) is 7.05 Å². The number of nitrogens with one attached hydrogen (secondary N) is 1. The third-order valence-corrected chi connectivity index (χ3v) is 3.52. The molecule has 0 bridgehead atoms. The van der Waals surface area contributed by atoms with Crippen molar-refractivity contribution < 1.29 is 9.69 Å². The first-order valence-electron chi connectivity index (χ1n) is 7.49. The zero-order valence-corrected chi connectivity index (χ0v) is 13.0. The molecule has 1 unspecified atom stereocenters. The Balaban J connectivity index is 1.88. The second kappa shape index (κ2) is 8.15. The topological polar surface area (TPSA) is 24.8 Å². The van der Waals surface area contributed by atoms with Crippen LogP contribution in [0.1, 0.15) is 15.9 Å². The summed E-state index contributed by atoms with van der Waals surface area (Å²) in [4.78, 5) is 15.5. The van der Waals surface area contributed by atoms with Crippen LogP contribution >= 0.6 is 0 Å². The van der Waals surface area contributed by atoms with Crippen molar-refractivity contribution in [3.05, 3.63) is 84.6 Å². The Labute approximate surface area is 132 Å². The number of rotatable bonds is 8. The normalized spacial score (nSPS) is 11.7. The van der Waals surface area contributed by atoms with Crippen molar-refractivity contribution in [3.63, 3.8) is 0 Å². The Morgan fingerprint density at radius 2 is 1.68 bits per heavy atom. The van der Waals surface area contributed by atoms with Crippen LogP contribution in [0.2, 0.25) is 0 Å². The van der Waals surface area contributed by atoms with Gasteiger partial charge in [0.1, 0.15) is 6.54 Å². The predicted octanol–water partition coefficient (Wildman–Crippen LogP) is 1.99. The Morgan fingerprint density at radius 3 is 2.27 bits per heavy atom. The van der Waals surface area contributed by atoms with Gasteiger partial charge in [-0.15, -0.1) is 0 Å². The lowest BCUT2D eigenvalue weighted by Gasteiger charge is -2.23. The summed E-state index contributed by atoms with van der Waals surface area (Å²) in [6.07, 6.45) is 1.84. The Morgan fingerprint density at radius 1 is 1.09 bits per heavy atom. The second-order valence-corrected chi connectivity index (χ2v) is 5.50. The number of hydrogen-bond donors (Lipinski definition) is 1. The number of carbonyl (C=O) groups is 1. The number of hydrogen-bond acceptors (Lipinski definition) is 2. The molecule has 0 amide bonds. The molecular formula is C19H23N2O+. The summed E-state index contributed by atoms with van der Waals surface area (Å²) in [5.41, 5.74) is 2.01. The Hall–Kier alpha value is -2.39. The number of quaternary nitrogens is 1. The molecule has 2 aromatic carbocycles. The van der Waals surface area contributed by atoms with E-state index in [-0.39, 0.29) is 5.78 Å². The minimum Gasteiger partial charge on any atom is -0.328 e. The van der Waals surface area contributed by atoms with Gasteiger partial charge in [0.15, 0.2) is 6.67 Å². The number of ketones is 1. The minimum absolute atomic E-state index is 0.168. The maximum Gasteiger partial charge on any atom is 0.216 e. The summed E-state index contributed by atoms with van der Waals surface area (Å²) < 4.78 is 0. The molecular weight excluding hydrogens is 272 g/mol. The molecule has 0 saturated heterocycles. The summed E-state index contributed by atoms with van der Waals surface area (Å²) in [5, 5.41) is 0. The number of carbonyl (C=O) groups excluding carboxylic acids is 1. The molecule has 0 heterocycles.